The lowest BCUT2D eigenvalue weighted by molar-refractivity contribution is -0.137. The van der Waals surface area contributed by atoms with E-state index < -0.39 is 29.2 Å². The summed E-state index contributed by atoms with van der Waals surface area (Å²) in [6.07, 6.45) is -3.82. The highest BCUT2D eigenvalue weighted by atomic mass is 32.1. The van der Waals surface area contributed by atoms with Crippen LogP contribution in [0.1, 0.15) is 28.4 Å². The number of aromatic amines is 2. The molecule has 0 bridgehead atoms. The molecule has 1 aliphatic rings. The molecule has 6 nitrogen and oxygen atoms in total. The molecule has 0 radical (unpaired) electrons. The van der Waals surface area contributed by atoms with E-state index >= 15 is 0 Å². The summed E-state index contributed by atoms with van der Waals surface area (Å²) >= 11 is 5.21. The number of para-hydroxylation sites is 1. The molecule has 1 unspecified atom stereocenters. The largest absolute Gasteiger partial charge is 0.494 e. The minimum absolute atomic E-state index is 0.000146. The van der Waals surface area contributed by atoms with E-state index in [1.165, 1.54) is 12.1 Å². The molecule has 5 rings (SSSR count). The molecule has 3 heterocycles. The van der Waals surface area contributed by atoms with Crippen LogP contribution in [0.2, 0.25) is 0 Å². The van der Waals surface area contributed by atoms with Crippen molar-refractivity contribution in [3.8, 4) is 11.6 Å². The molecular weight excluding hydrogens is 453 g/mol. The molecule has 0 saturated carbocycles. The standard InChI is InChI=1S/C23H19F3N4O2S/c1-29-10-9-15-14-7-2-3-8-16(14)27-18(15)19(29)17-20(31)28-22(33)30(21(17)32)13-6-4-5-12(11-13)23(24,25)26/h2-8,11,19,27,32H,9-10H2,1H3,(H,28,31,33). The molecule has 3 N–H and O–H groups in total. The number of nitrogens with zero attached hydrogens (tertiary/aromatic N) is 2. The van der Waals surface area contributed by atoms with Crippen molar-refractivity contribution in [2.75, 3.05) is 13.6 Å². The number of benzene rings is 2. The second-order valence-electron chi connectivity index (χ2n) is 8.08. The minimum atomic E-state index is -4.57. The maximum atomic E-state index is 13.3. The van der Waals surface area contributed by atoms with Crippen molar-refractivity contribution in [3.05, 3.63) is 86.0 Å². The van der Waals surface area contributed by atoms with Crippen molar-refractivity contribution in [2.45, 2.75) is 18.6 Å². The summed E-state index contributed by atoms with van der Waals surface area (Å²) in [5.74, 6) is -0.494. The normalized spacial score (nSPS) is 16.8. The SMILES string of the molecule is CN1CCc2c([nH]c3ccccc23)C1c1c(O)n(-c2cccc(C(F)(F)F)c2)c(=S)[nH]c1=O. The van der Waals surface area contributed by atoms with Crippen LogP contribution in [-0.2, 0) is 12.6 Å². The quantitative estimate of drug-likeness (QED) is 0.371. The first-order valence-electron chi connectivity index (χ1n) is 10.2. The highest BCUT2D eigenvalue weighted by Crippen LogP contribution is 2.39. The van der Waals surface area contributed by atoms with Crippen LogP contribution in [0.4, 0.5) is 13.2 Å². The van der Waals surface area contributed by atoms with Gasteiger partial charge in [-0.15, -0.1) is 0 Å². The molecule has 4 aromatic rings. The van der Waals surface area contributed by atoms with Gasteiger partial charge in [-0.25, -0.2) is 0 Å². The van der Waals surface area contributed by atoms with Crippen molar-refractivity contribution in [1.29, 1.82) is 0 Å². The topological polar surface area (TPSA) is 77.1 Å². The van der Waals surface area contributed by atoms with Crippen LogP contribution in [0.25, 0.3) is 16.6 Å². The Morgan fingerprint density at radius 2 is 1.88 bits per heavy atom. The van der Waals surface area contributed by atoms with E-state index in [4.69, 9.17) is 12.2 Å². The second-order valence-corrected chi connectivity index (χ2v) is 8.46. The van der Waals surface area contributed by atoms with Crippen molar-refractivity contribution >= 4 is 23.1 Å². The van der Waals surface area contributed by atoms with Crippen molar-refractivity contribution < 1.29 is 18.3 Å². The summed E-state index contributed by atoms with van der Waals surface area (Å²) in [4.78, 5) is 20.8. The average Bonchev–Trinajstić information content (AvgIpc) is 3.13. The number of fused-ring (bicyclic) bond motifs is 3. The number of H-pyrrole nitrogens is 2. The zero-order valence-electron chi connectivity index (χ0n) is 17.4. The summed E-state index contributed by atoms with van der Waals surface area (Å²) in [5.41, 5.74) is 1.24. The van der Waals surface area contributed by atoms with Gasteiger partial charge < -0.3 is 10.1 Å². The second kappa shape index (κ2) is 7.60. The fourth-order valence-electron chi connectivity index (χ4n) is 4.57. The summed E-state index contributed by atoms with van der Waals surface area (Å²) in [7, 11) is 1.83. The molecule has 170 valence electrons. The van der Waals surface area contributed by atoms with Crippen molar-refractivity contribution in [3.63, 3.8) is 0 Å². The van der Waals surface area contributed by atoms with Gasteiger partial charge in [0.05, 0.1) is 17.3 Å². The van der Waals surface area contributed by atoms with E-state index in [1.807, 2.05) is 36.2 Å². The third-order valence-electron chi connectivity index (χ3n) is 6.10. The molecule has 0 spiro atoms. The fraction of sp³-hybridized carbons (Fsp3) is 0.217. The number of aromatic nitrogens is 3. The number of hydrogen-bond donors (Lipinski definition) is 3. The molecule has 1 aliphatic heterocycles. The molecule has 0 amide bonds. The van der Waals surface area contributed by atoms with E-state index in [2.05, 4.69) is 9.97 Å². The molecule has 33 heavy (non-hydrogen) atoms. The number of alkyl halides is 3. The number of rotatable bonds is 2. The predicted octanol–water partition coefficient (Wildman–Crippen LogP) is 4.68. The molecule has 2 aromatic heterocycles. The fourth-order valence-corrected chi connectivity index (χ4v) is 4.86. The lowest BCUT2D eigenvalue weighted by Crippen LogP contribution is -2.36. The molecule has 0 aliphatic carbocycles. The molecular formula is C23H19F3N4O2S. The first-order chi connectivity index (χ1) is 15.7. The Morgan fingerprint density at radius 3 is 2.64 bits per heavy atom. The zero-order chi connectivity index (χ0) is 23.5. The van der Waals surface area contributed by atoms with Gasteiger partial charge in [0.1, 0.15) is 5.56 Å². The van der Waals surface area contributed by atoms with Crippen LogP contribution < -0.4 is 5.56 Å². The molecule has 0 saturated heterocycles. The van der Waals surface area contributed by atoms with Gasteiger partial charge >= 0.3 is 6.18 Å². The van der Waals surface area contributed by atoms with Gasteiger partial charge in [0.2, 0.25) is 5.88 Å². The van der Waals surface area contributed by atoms with Gasteiger partial charge in [-0.05, 0) is 55.5 Å². The van der Waals surface area contributed by atoms with Gasteiger partial charge in [-0.2, -0.15) is 13.2 Å². The molecule has 10 heteroatoms. The molecule has 2 aromatic carbocycles. The number of halogens is 3. The summed E-state index contributed by atoms with van der Waals surface area (Å²) < 4.78 is 40.7. The van der Waals surface area contributed by atoms with Crippen LogP contribution in [0.15, 0.2) is 53.3 Å². The van der Waals surface area contributed by atoms with Crippen LogP contribution >= 0.6 is 12.2 Å². The van der Waals surface area contributed by atoms with E-state index in [0.717, 1.165) is 45.3 Å². The lowest BCUT2D eigenvalue weighted by Gasteiger charge is -2.33. The van der Waals surface area contributed by atoms with Crippen LogP contribution in [-0.4, -0.2) is 38.1 Å². The smallest absolute Gasteiger partial charge is 0.416 e. The van der Waals surface area contributed by atoms with Crippen LogP contribution in [0.5, 0.6) is 5.88 Å². The Bertz CT molecular complexity index is 1500. The number of aromatic hydroxyl groups is 1. The first kappa shape index (κ1) is 21.5. The summed E-state index contributed by atoms with van der Waals surface area (Å²) in [6, 6.07) is 11.6. The van der Waals surface area contributed by atoms with Crippen molar-refractivity contribution in [1.82, 2.24) is 19.4 Å². The van der Waals surface area contributed by atoms with Crippen LogP contribution in [0, 0.1) is 4.77 Å². The maximum Gasteiger partial charge on any atom is 0.416 e. The zero-order valence-corrected chi connectivity index (χ0v) is 18.2. The van der Waals surface area contributed by atoms with Gasteiger partial charge in [0, 0.05) is 23.1 Å². The molecule has 0 fully saturated rings. The van der Waals surface area contributed by atoms with E-state index in [0.29, 0.717) is 6.54 Å². The van der Waals surface area contributed by atoms with E-state index in [9.17, 15) is 23.1 Å². The van der Waals surface area contributed by atoms with Crippen molar-refractivity contribution in [2.24, 2.45) is 0 Å². The van der Waals surface area contributed by atoms with E-state index in [-0.39, 0.29) is 16.0 Å². The third-order valence-corrected chi connectivity index (χ3v) is 6.39. The highest BCUT2D eigenvalue weighted by Gasteiger charge is 2.35. The van der Waals surface area contributed by atoms with Gasteiger partial charge in [-0.3, -0.25) is 19.2 Å². The minimum Gasteiger partial charge on any atom is -0.494 e. The Kier molecular flexibility index (Phi) is 4.95. The van der Waals surface area contributed by atoms with Gasteiger partial charge in [0.15, 0.2) is 4.77 Å². The Morgan fingerprint density at radius 1 is 1.12 bits per heavy atom. The predicted molar refractivity (Wildman–Crippen MR) is 120 cm³/mol. The Balaban J connectivity index is 1.75. The number of nitrogens with one attached hydrogen (secondary N) is 2. The summed E-state index contributed by atoms with van der Waals surface area (Å²) in [5, 5.41) is 12.3. The van der Waals surface area contributed by atoms with Crippen LogP contribution in [0.3, 0.4) is 0 Å². The Labute approximate surface area is 190 Å². The number of likely N-dealkylation sites (N-methyl/N-ethyl adjacent to an activating group) is 1. The summed E-state index contributed by atoms with van der Waals surface area (Å²) in [6.45, 7) is 0.623. The van der Waals surface area contributed by atoms with E-state index in [1.54, 1.807) is 0 Å². The highest BCUT2D eigenvalue weighted by molar-refractivity contribution is 7.71. The van der Waals surface area contributed by atoms with Gasteiger partial charge in [0.25, 0.3) is 5.56 Å². The number of hydrogen-bond acceptors (Lipinski definition) is 4. The monoisotopic (exact) mass is 472 g/mol. The average molecular weight is 472 g/mol. The molecule has 1 atom stereocenters. The lowest BCUT2D eigenvalue weighted by atomic mass is 9.94. The maximum absolute atomic E-state index is 13.3. The third kappa shape index (κ3) is 3.46. The van der Waals surface area contributed by atoms with Gasteiger partial charge in [-0.1, -0.05) is 24.3 Å². The Hall–Kier alpha value is -3.37. The first-order valence-corrected chi connectivity index (χ1v) is 10.6.